The number of rotatable bonds is 11. The molecule has 3 unspecified atom stereocenters. The molecule has 3 atom stereocenters. The Balaban J connectivity index is 2.18. The first-order chi connectivity index (χ1) is 15.8. The number of hydrogen-bond acceptors (Lipinski definition) is 5. The van der Waals surface area contributed by atoms with Gasteiger partial charge in [0.25, 0.3) is 0 Å². The fraction of sp³-hybridized carbons (Fsp3) is 0.385. The second kappa shape index (κ2) is 13.1. The second-order valence-corrected chi connectivity index (χ2v) is 8.70. The van der Waals surface area contributed by atoms with E-state index in [0.29, 0.717) is 30.4 Å². The summed E-state index contributed by atoms with van der Waals surface area (Å²) in [4.78, 5) is 17.5. The lowest BCUT2D eigenvalue weighted by Crippen LogP contribution is -2.30. The highest BCUT2D eigenvalue weighted by atomic mass is 35.5. The minimum Gasteiger partial charge on any atom is -0.494 e. The predicted molar refractivity (Wildman–Crippen MR) is 131 cm³/mol. The first-order valence-corrected chi connectivity index (χ1v) is 11.6. The third kappa shape index (κ3) is 7.99. The van der Waals surface area contributed by atoms with E-state index in [-0.39, 0.29) is 16.3 Å². The van der Waals surface area contributed by atoms with Crippen molar-refractivity contribution in [2.45, 2.75) is 40.2 Å². The fourth-order valence-corrected chi connectivity index (χ4v) is 3.80. The van der Waals surface area contributed by atoms with Gasteiger partial charge in [-0.25, -0.2) is 4.98 Å². The number of terminal acetylenes is 1. The highest BCUT2D eigenvalue weighted by Gasteiger charge is 2.32. The number of ether oxygens (including phenoxy) is 3. The molecule has 0 amide bonds. The van der Waals surface area contributed by atoms with Gasteiger partial charge in [0.15, 0.2) is 0 Å². The van der Waals surface area contributed by atoms with E-state index in [1.807, 2.05) is 39.8 Å². The van der Waals surface area contributed by atoms with Gasteiger partial charge in [0.05, 0.1) is 18.2 Å². The van der Waals surface area contributed by atoms with E-state index in [4.69, 9.17) is 43.8 Å². The van der Waals surface area contributed by atoms with Crippen LogP contribution in [0.1, 0.15) is 45.9 Å². The third-order valence-corrected chi connectivity index (χ3v) is 5.27. The van der Waals surface area contributed by atoms with E-state index in [1.165, 1.54) is 0 Å². The Bertz CT molecular complexity index is 979. The molecule has 0 spiro atoms. The summed E-state index contributed by atoms with van der Waals surface area (Å²) in [5.74, 6) is 3.11. The summed E-state index contributed by atoms with van der Waals surface area (Å²) in [7, 11) is 0. The molecule has 0 aliphatic carbocycles. The molecule has 2 rings (SSSR count). The van der Waals surface area contributed by atoms with Crippen LogP contribution in [0.15, 0.2) is 53.0 Å². The van der Waals surface area contributed by atoms with Crippen LogP contribution in [0.5, 0.6) is 17.4 Å². The van der Waals surface area contributed by atoms with Crippen molar-refractivity contribution in [3.63, 3.8) is 0 Å². The zero-order valence-corrected chi connectivity index (χ0v) is 20.8. The number of carbonyl (C=O) groups is 1. The predicted octanol–water partition coefficient (Wildman–Crippen LogP) is 7.11. The normalized spacial score (nSPS) is 13.4. The Kier molecular flexibility index (Phi) is 10.6. The van der Waals surface area contributed by atoms with Gasteiger partial charge in [-0.15, -0.1) is 6.42 Å². The van der Waals surface area contributed by atoms with Crippen LogP contribution in [0.25, 0.3) is 0 Å². The Morgan fingerprint density at radius 2 is 1.79 bits per heavy atom. The number of halogens is 2. The van der Waals surface area contributed by atoms with Crippen LogP contribution in [0.2, 0.25) is 0 Å². The Labute approximate surface area is 206 Å². The molecule has 2 aromatic rings. The van der Waals surface area contributed by atoms with Crippen molar-refractivity contribution >= 4 is 29.2 Å². The van der Waals surface area contributed by atoms with Gasteiger partial charge in [0.1, 0.15) is 16.0 Å². The molecule has 1 aromatic heterocycles. The van der Waals surface area contributed by atoms with Crippen molar-refractivity contribution in [1.82, 2.24) is 4.98 Å². The van der Waals surface area contributed by atoms with Crippen molar-refractivity contribution in [2.75, 3.05) is 6.61 Å². The average molecular weight is 490 g/mol. The van der Waals surface area contributed by atoms with Gasteiger partial charge in [-0.1, -0.05) is 62.0 Å². The smallest absolute Gasteiger partial charge is 0.311 e. The highest BCUT2D eigenvalue weighted by molar-refractivity contribution is 6.55. The van der Waals surface area contributed by atoms with Crippen LogP contribution in [-0.2, 0) is 9.53 Å². The summed E-state index contributed by atoms with van der Waals surface area (Å²) >= 11 is 11.7. The average Bonchev–Trinajstić information content (AvgIpc) is 2.78. The van der Waals surface area contributed by atoms with Crippen LogP contribution in [0.3, 0.4) is 0 Å². The van der Waals surface area contributed by atoms with Gasteiger partial charge >= 0.3 is 5.97 Å². The maximum atomic E-state index is 13.1. The van der Waals surface area contributed by atoms with Crippen LogP contribution in [0, 0.1) is 30.1 Å². The van der Waals surface area contributed by atoms with Crippen LogP contribution < -0.4 is 9.47 Å². The van der Waals surface area contributed by atoms with Crippen molar-refractivity contribution in [2.24, 2.45) is 17.8 Å². The van der Waals surface area contributed by atoms with Gasteiger partial charge in [0.2, 0.25) is 12.0 Å². The number of allylic oxidation sites excluding steroid dienone is 1. The molecule has 0 radical (unpaired) electrons. The van der Waals surface area contributed by atoms with E-state index in [2.05, 4.69) is 10.9 Å². The lowest BCUT2D eigenvalue weighted by Gasteiger charge is -2.27. The molecule has 1 heterocycles. The molecule has 0 saturated carbocycles. The molecule has 0 aliphatic heterocycles. The number of benzene rings is 1. The van der Waals surface area contributed by atoms with E-state index in [0.717, 1.165) is 5.75 Å². The van der Waals surface area contributed by atoms with Gasteiger partial charge < -0.3 is 14.2 Å². The van der Waals surface area contributed by atoms with E-state index in [9.17, 15) is 4.79 Å². The number of carbonyl (C=O) groups excluding carboxylic acids is 1. The Morgan fingerprint density at radius 1 is 1.12 bits per heavy atom. The van der Waals surface area contributed by atoms with E-state index >= 15 is 0 Å². The number of hydrogen-bond donors (Lipinski definition) is 0. The Hall–Kier alpha value is -2.68. The highest BCUT2D eigenvalue weighted by Crippen LogP contribution is 2.31. The molecule has 0 bridgehead atoms. The fourth-order valence-electron chi connectivity index (χ4n) is 3.48. The summed E-state index contributed by atoms with van der Waals surface area (Å²) in [6.07, 6.45) is 7.07. The number of nitrogens with zero attached hydrogens (tertiary/aromatic N) is 1. The molecule has 0 N–H and O–H groups in total. The molecule has 0 saturated heterocycles. The number of esters is 1. The summed E-state index contributed by atoms with van der Waals surface area (Å²) < 4.78 is 17.1. The van der Waals surface area contributed by atoms with Crippen molar-refractivity contribution in [1.29, 1.82) is 0 Å². The maximum absolute atomic E-state index is 13.1. The van der Waals surface area contributed by atoms with Crippen molar-refractivity contribution < 1.29 is 19.0 Å². The zero-order valence-electron chi connectivity index (χ0n) is 19.3. The van der Waals surface area contributed by atoms with Crippen LogP contribution >= 0.6 is 23.2 Å². The largest absolute Gasteiger partial charge is 0.494 e. The standard InChI is InChI=1S/C26H29Cl2NO4/c1-6-18(16-23(27)28)25(17(4)5)26(30)33-22(7-2)21-10-9-11-24(29-21)32-20-14-12-19(13-15-20)31-8-3/h2,9-18,22,25H,6,8H2,1,3-5H3. The van der Waals surface area contributed by atoms with E-state index in [1.54, 1.807) is 36.4 Å². The van der Waals surface area contributed by atoms with E-state index < -0.39 is 18.0 Å². The summed E-state index contributed by atoms with van der Waals surface area (Å²) in [6, 6.07) is 12.3. The molecule has 5 nitrogen and oxygen atoms in total. The topological polar surface area (TPSA) is 57.7 Å². The molecular formula is C26H29Cl2NO4. The van der Waals surface area contributed by atoms with Crippen molar-refractivity contribution in [3.8, 4) is 29.7 Å². The van der Waals surface area contributed by atoms with Crippen molar-refractivity contribution in [3.05, 3.63) is 58.7 Å². The first-order valence-electron chi connectivity index (χ1n) is 10.9. The zero-order chi connectivity index (χ0) is 24.4. The molecule has 7 heteroatoms. The lowest BCUT2D eigenvalue weighted by atomic mass is 9.82. The molecule has 33 heavy (non-hydrogen) atoms. The SMILES string of the molecule is C#CC(OC(=O)C(C(C)C)C(C=C(Cl)Cl)CC)c1cccc(Oc2ccc(OCC)cc2)n1. The monoisotopic (exact) mass is 489 g/mol. The first kappa shape index (κ1) is 26.6. The molecule has 0 aliphatic rings. The third-order valence-electron chi connectivity index (χ3n) is 5.02. The molecule has 176 valence electrons. The Morgan fingerprint density at radius 3 is 2.33 bits per heavy atom. The summed E-state index contributed by atoms with van der Waals surface area (Å²) in [5.41, 5.74) is 0.399. The molecule has 1 aromatic carbocycles. The number of aromatic nitrogens is 1. The van der Waals surface area contributed by atoms with Gasteiger partial charge in [-0.2, -0.15) is 0 Å². The van der Waals surface area contributed by atoms with Gasteiger partial charge in [-0.05, 0) is 55.5 Å². The summed E-state index contributed by atoms with van der Waals surface area (Å²) in [6.45, 7) is 8.35. The van der Waals surface area contributed by atoms with Crippen LogP contribution in [0.4, 0.5) is 0 Å². The quantitative estimate of drug-likeness (QED) is 0.248. The van der Waals surface area contributed by atoms with Gasteiger partial charge in [-0.3, -0.25) is 4.79 Å². The van der Waals surface area contributed by atoms with Gasteiger partial charge in [0, 0.05) is 6.07 Å². The second-order valence-electron chi connectivity index (χ2n) is 7.69. The minimum atomic E-state index is -0.962. The molecular weight excluding hydrogens is 461 g/mol. The molecule has 0 fully saturated rings. The minimum absolute atomic E-state index is 0.00732. The van der Waals surface area contributed by atoms with Crippen LogP contribution in [-0.4, -0.2) is 17.6 Å². The maximum Gasteiger partial charge on any atom is 0.311 e. The summed E-state index contributed by atoms with van der Waals surface area (Å²) in [5, 5.41) is 0. The lowest BCUT2D eigenvalue weighted by molar-refractivity contribution is -0.155. The number of pyridine rings is 1.